The molecule has 0 aliphatic heterocycles. The first-order valence-corrected chi connectivity index (χ1v) is 18.9. The predicted octanol–water partition coefficient (Wildman–Crippen LogP) is 14.3. The molecule has 0 radical (unpaired) electrons. The van der Waals surface area contributed by atoms with E-state index in [0.29, 0.717) is 11.6 Å². The smallest absolute Gasteiger partial charge is 0.0618 e. The van der Waals surface area contributed by atoms with Gasteiger partial charge < -0.3 is 5.41 Å². The van der Waals surface area contributed by atoms with Crippen molar-refractivity contribution in [1.82, 2.24) is 0 Å². The zero-order valence-electron chi connectivity index (χ0n) is 28.9. The standard InChI is InChI=1S/C50H35NS/c1-31-24-26-32(27-25-31)47(41-20-6-8-22-45(41)51)36-15-11-13-34(29-36)33-12-10-14-35(28-33)43-30-44-39-18-3-2-16-37(39)38-17-4-5-19-40(38)48(44)50-49(43)42-21-7-9-23-46(42)52-50/h2-24,26-31,51H,25H2,1H3/b47-41-,51-45?. The maximum Gasteiger partial charge on any atom is 0.0618 e. The zero-order chi connectivity index (χ0) is 34.8. The minimum atomic E-state index is 0.518. The van der Waals surface area contributed by atoms with E-state index in [2.05, 4.69) is 159 Å². The van der Waals surface area contributed by atoms with Crippen molar-refractivity contribution in [2.45, 2.75) is 13.3 Å². The molecule has 0 amide bonds. The second-order valence-corrected chi connectivity index (χ2v) is 15.1. The molecule has 246 valence electrons. The van der Waals surface area contributed by atoms with E-state index in [-0.39, 0.29) is 0 Å². The third-order valence-electron chi connectivity index (χ3n) is 10.8. The van der Waals surface area contributed by atoms with Crippen LogP contribution >= 0.6 is 11.3 Å². The SMILES string of the molecule is CC1C=CC(/C(=C2\C=CC=CC2=N)c2cccc(-c3cccc(-c4cc5c6ccccc6c6ccccc6c5c5sc6ccccc6c45)c3)c2)=CC1. The van der Waals surface area contributed by atoms with Crippen LogP contribution in [0.5, 0.6) is 0 Å². The predicted molar refractivity (Wildman–Crippen MR) is 227 cm³/mol. The number of thiophene rings is 1. The lowest BCUT2D eigenvalue weighted by Gasteiger charge is -2.20. The quantitative estimate of drug-likeness (QED) is 0.179. The maximum atomic E-state index is 8.84. The highest BCUT2D eigenvalue weighted by Gasteiger charge is 2.20. The van der Waals surface area contributed by atoms with Gasteiger partial charge in [-0.1, -0.05) is 147 Å². The van der Waals surface area contributed by atoms with Gasteiger partial charge in [-0.2, -0.15) is 0 Å². The first kappa shape index (κ1) is 30.7. The van der Waals surface area contributed by atoms with Gasteiger partial charge in [0.25, 0.3) is 0 Å². The van der Waals surface area contributed by atoms with E-state index in [0.717, 1.165) is 28.7 Å². The Morgan fingerprint density at radius 3 is 2.02 bits per heavy atom. The van der Waals surface area contributed by atoms with Crippen LogP contribution < -0.4 is 0 Å². The van der Waals surface area contributed by atoms with Crippen LogP contribution in [-0.4, -0.2) is 5.71 Å². The van der Waals surface area contributed by atoms with Crippen molar-refractivity contribution >= 4 is 75.1 Å². The summed E-state index contributed by atoms with van der Waals surface area (Å²) in [6.45, 7) is 2.25. The van der Waals surface area contributed by atoms with Gasteiger partial charge in [-0.25, -0.2) is 0 Å². The molecule has 52 heavy (non-hydrogen) atoms. The number of hydrogen-bond donors (Lipinski definition) is 1. The Morgan fingerprint density at radius 1 is 0.596 bits per heavy atom. The number of hydrogen-bond acceptors (Lipinski definition) is 2. The van der Waals surface area contributed by atoms with E-state index in [1.54, 1.807) is 0 Å². The van der Waals surface area contributed by atoms with Crippen molar-refractivity contribution in [2.24, 2.45) is 5.92 Å². The summed E-state index contributed by atoms with van der Waals surface area (Å²) in [5, 5.41) is 19.3. The van der Waals surface area contributed by atoms with Crippen molar-refractivity contribution in [3.63, 3.8) is 0 Å². The highest BCUT2D eigenvalue weighted by molar-refractivity contribution is 7.27. The van der Waals surface area contributed by atoms with Crippen LogP contribution in [0.2, 0.25) is 0 Å². The molecule has 2 aliphatic rings. The average Bonchev–Trinajstić information content (AvgIpc) is 3.59. The Hall–Kier alpha value is -6.09. The minimum absolute atomic E-state index is 0.518. The van der Waals surface area contributed by atoms with Gasteiger partial charge in [0.15, 0.2) is 0 Å². The van der Waals surface area contributed by atoms with Crippen LogP contribution in [0.1, 0.15) is 18.9 Å². The van der Waals surface area contributed by atoms with Crippen molar-refractivity contribution in [1.29, 1.82) is 5.41 Å². The molecule has 0 fully saturated rings. The highest BCUT2D eigenvalue weighted by atomic mass is 32.1. The summed E-state index contributed by atoms with van der Waals surface area (Å²) in [6.07, 6.45) is 15.8. The lowest BCUT2D eigenvalue weighted by atomic mass is 9.84. The Morgan fingerprint density at radius 2 is 1.25 bits per heavy atom. The molecule has 2 heteroatoms. The van der Waals surface area contributed by atoms with Crippen LogP contribution in [-0.2, 0) is 0 Å². The second-order valence-electron chi connectivity index (χ2n) is 14.1. The Balaban J connectivity index is 1.20. The second kappa shape index (κ2) is 12.3. The zero-order valence-corrected chi connectivity index (χ0v) is 29.7. The molecule has 8 aromatic rings. The number of nitrogens with one attached hydrogen (secondary N) is 1. The molecule has 1 unspecified atom stereocenters. The van der Waals surface area contributed by atoms with Crippen molar-refractivity contribution in [2.75, 3.05) is 0 Å². The Kier molecular flexibility index (Phi) is 7.26. The third-order valence-corrected chi connectivity index (χ3v) is 12.0. The van der Waals surface area contributed by atoms with E-state index in [1.807, 2.05) is 29.6 Å². The fourth-order valence-corrected chi connectivity index (χ4v) is 9.60. The van der Waals surface area contributed by atoms with Crippen molar-refractivity contribution < 1.29 is 0 Å². The first-order chi connectivity index (χ1) is 25.6. The maximum absolute atomic E-state index is 8.84. The highest BCUT2D eigenvalue weighted by Crippen LogP contribution is 2.48. The molecule has 1 aromatic heterocycles. The molecule has 1 atom stereocenters. The summed E-state index contributed by atoms with van der Waals surface area (Å²) in [4.78, 5) is 0. The minimum Gasteiger partial charge on any atom is -0.300 e. The van der Waals surface area contributed by atoms with E-state index >= 15 is 0 Å². The summed E-state index contributed by atoms with van der Waals surface area (Å²) in [7, 11) is 0. The first-order valence-electron chi connectivity index (χ1n) is 18.1. The molecular formula is C50H35NS. The number of allylic oxidation sites excluding steroid dienone is 10. The molecule has 2 aliphatic carbocycles. The lowest BCUT2D eigenvalue weighted by Crippen LogP contribution is -2.06. The van der Waals surface area contributed by atoms with Crippen LogP contribution in [0.4, 0.5) is 0 Å². The molecule has 1 N–H and O–H groups in total. The monoisotopic (exact) mass is 681 g/mol. The van der Waals surface area contributed by atoms with Gasteiger partial charge in [-0.15, -0.1) is 11.3 Å². The average molecular weight is 682 g/mol. The molecule has 0 bridgehead atoms. The van der Waals surface area contributed by atoms with Crippen molar-refractivity contribution in [3.05, 3.63) is 187 Å². The molecule has 0 saturated carbocycles. The molecule has 7 aromatic carbocycles. The van der Waals surface area contributed by atoms with E-state index in [1.165, 1.54) is 74.8 Å². The summed E-state index contributed by atoms with van der Waals surface area (Å²) >= 11 is 1.91. The van der Waals surface area contributed by atoms with Gasteiger partial charge in [-0.05, 0) is 109 Å². The van der Waals surface area contributed by atoms with Crippen LogP contribution in [0.3, 0.4) is 0 Å². The van der Waals surface area contributed by atoms with Gasteiger partial charge in [0.1, 0.15) is 0 Å². The fraction of sp³-hybridized carbons (Fsp3) is 0.0600. The summed E-state index contributed by atoms with van der Waals surface area (Å²) < 4.78 is 2.66. The summed E-state index contributed by atoms with van der Waals surface area (Å²) in [5.41, 5.74) is 9.75. The molecule has 0 saturated heterocycles. The molecular weight excluding hydrogens is 647 g/mol. The van der Waals surface area contributed by atoms with Gasteiger partial charge in [0.05, 0.1) is 5.71 Å². The van der Waals surface area contributed by atoms with Gasteiger partial charge in [0.2, 0.25) is 0 Å². The normalized spacial score (nSPS) is 16.8. The van der Waals surface area contributed by atoms with Crippen LogP contribution in [0, 0.1) is 11.3 Å². The topological polar surface area (TPSA) is 23.9 Å². The van der Waals surface area contributed by atoms with E-state index in [9.17, 15) is 0 Å². The summed E-state index contributed by atoms with van der Waals surface area (Å²) in [5.74, 6) is 0.518. The van der Waals surface area contributed by atoms with Gasteiger partial charge in [-0.3, -0.25) is 0 Å². The largest absolute Gasteiger partial charge is 0.300 e. The fourth-order valence-electron chi connectivity index (χ4n) is 8.31. The molecule has 1 nitrogen and oxygen atoms in total. The lowest BCUT2D eigenvalue weighted by molar-refractivity contribution is 0.733. The van der Waals surface area contributed by atoms with E-state index in [4.69, 9.17) is 5.41 Å². The van der Waals surface area contributed by atoms with Gasteiger partial charge >= 0.3 is 0 Å². The number of rotatable bonds is 4. The van der Waals surface area contributed by atoms with E-state index < -0.39 is 0 Å². The van der Waals surface area contributed by atoms with Crippen molar-refractivity contribution in [3.8, 4) is 22.3 Å². The summed E-state index contributed by atoms with van der Waals surface area (Å²) in [6, 6.07) is 47.1. The number of fused-ring (bicyclic) bond motifs is 10. The van der Waals surface area contributed by atoms with Crippen LogP contribution in [0.15, 0.2) is 181 Å². The Labute approximate surface area is 307 Å². The molecule has 10 rings (SSSR count). The Bertz CT molecular complexity index is 2960. The molecule has 1 heterocycles. The molecule has 0 spiro atoms. The number of benzene rings is 7. The third kappa shape index (κ3) is 4.94. The van der Waals surface area contributed by atoms with Crippen LogP contribution in [0.25, 0.3) is 80.3 Å². The van der Waals surface area contributed by atoms with Gasteiger partial charge in [0, 0.05) is 31.1 Å².